The summed E-state index contributed by atoms with van der Waals surface area (Å²) < 4.78 is 0. The number of rotatable bonds is 6. The third-order valence-corrected chi connectivity index (χ3v) is 6.49. The number of hydrogen-bond acceptors (Lipinski definition) is 2. The van der Waals surface area contributed by atoms with Gasteiger partial charge in [0.2, 0.25) is 0 Å². The first kappa shape index (κ1) is 17.3. The summed E-state index contributed by atoms with van der Waals surface area (Å²) >= 11 is 0. The van der Waals surface area contributed by atoms with Gasteiger partial charge in [-0.05, 0) is 58.2 Å². The van der Waals surface area contributed by atoms with Gasteiger partial charge in [-0.15, -0.1) is 0 Å². The maximum Gasteiger partial charge on any atom is 0.0359 e. The van der Waals surface area contributed by atoms with E-state index in [1.165, 1.54) is 64.2 Å². The second-order valence-corrected chi connectivity index (χ2v) is 7.79. The van der Waals surface area contributed by atoms with Crippen LogP contribution in [0.15, 0.2) is 0 Å². The van der Waals surface area contributed by atoms with Gasteiger partial charge in [0.15, 0.2) is 0 Å². The van der Waals surface area contributed by atoms with Crippen LogP contribution in [0.5, 0.6) is 0 Å². The summed E-state index contributed by atoms with van der Waals surface area (Å²) in [6.07, 6.45) is 14.3. The highest BCUT2D eigenvalue weighted by Gasteiger charge is 2.45. The maximum atomic E-state index is 3.95. The van der Waals surface area contributed by atoms with Crippen molar-refractivity contribution in [2.45, 2.75) is 89.6 Å². The average molecular weight is 295 g/mol. The third kappa shape index (κ3) is 3.82. The van der Waals surface area contributed by atoms with E-state index in [-0.39, 0.29) is 0 Å². The van der Waals surface area contributed by atoms with E-state index < -0.39 is 0 Å². The molecule has 0 aromatic heterocycles. The Morgan fingerprint density at radius 2 is 1.76 bits per heavy atom. The molecule has 0 aliphatic heterocycles. The van der Waals surface area contributed by atoms with Crippen molar-refractivity contribution in [1.82, 2.24) is 10.2 Å². The summed E-state index contributed by atoms with van der Waals surface area (Å²) in [7, 11) is 4.66. The lowest BCUT2D eigenvalue weighted by atomic mass is 9.66. The molecule has 21 heavy (non-hydrogen) atoms. The molecule has 2 saturated carbocycles. The molecule has 0 bridgehead atoms. The lowest BCUT2D eigenvalue weighted by Gasteiger charge is -2.52. The Morgan fingerprint density at radius 1 is 1.05 bits per heavy atom. The maximum absolute atomic E-state index is 3.95. The van der Waals surface area contributed by atoms with Crippen molar-refractivity contribution in [2.75, 3.05) is 20.6 Å². The fourth-order valence-corrected chi connectivity index (χ4v) is 5.22. The van der Waals surface area contributed by atoms with E-state index in [0.717, 1.165) is 18.4 Å². The van der Waals surface area contributed by atoms with E-state index in [4.69, 9.17) is 0 Å². The molecule has 2 heteroatoms. The first-order valence-electron chi connectivity index (χ1n) is 9.54. The Balaban J connectivity index is 2.18. The Kier molecular flexibility index (Phi) is 6.55. The van der Waals surface area contributed by atoms with Crippen LogP contribution in [0.1, 0.15) is 78.1 Å². The van der Waals surface area contributed by atoms with Crippen LogP contribution in [0.2, 0.25) is 0 Å². The van der Waals surface area contributed by atoms with E-state index in [1.807, 2.05) is 0 Å². The summed E-state index contributed by atoms with van der Waals surface area (Å²) in [4.78, 5) is 2.58. The van der Waals surface area contributed by atoms with Crippen LogP contribution in [-0.2, 0) is 0 Å². The van der Waals surface area contributed by atoms with Crippen molar-refractivity contribution in [3.8, 4) is 0 Å². The van der Waals surface area contributed by atoms with Gasteiger partial charge in [-0.3, -0.25) is 0 Å². The monoisotopic (exact) mass is 294 g/mol. The quantitative estimate of drug-likeness (QED) is 0.779. The van der Waals surface area contributed by atoms with Crippen molar-refractivity contribution >= 4 is 0 Å². The van der Waals surface area contributed by atoms with Crippen molar-refractivity contribution in [1.29, 1.82) is 0 Å². The average Bonchev–Trinajstić information content (AvgIpc) is 2.53. The third-order valence-electron chi connectivity index (χ3n) is 6.49. The second kappa shape index (κ2) is 7.97. The molecule has 0 heterocycles. The van der Waals surface area contributed by atoms with Crippen LogP contribution >= 0.6 is 0 Å². The molecular formula is C19H38N2. The Morgan fingerprint density at radius 3 is 2.33 bits per heavy atom. The molecule has 2 aliphatic rings. The largest absolute Gasteiger partial charge is 0.312 e. The zero-order valence-electron chi connectivity index (χ0n) is 15.0. The SMILES string of the molecule is CCNC(C1CCCC(CC)C1)C1(N(C)C)CCCCC1. The first-order chi connectivity index (χ1) is 10.1. The molecule has 124 valence electrons. The Hall–Kier alpha value is -0.0800. The number of nitrogens with zero attached hydrogens (tertiary/aromatic N) is 1. The van der Waals surface area contributed by atoms with E-state index >= 15 is 0 Å². The van der Waals surface area contributed by atoms with Gasteiger partial charge in [0, 0.05) is 11.6 Å². The standard InChI is InChI=1S/C19H38N2/c1-5-16-11-10-12-17(15-16)18(20-6-2)19(21(3)4)13-8-7-9-14-19/h16-18,20H,5-15H2,1-4H3. The minimum Gasteiger partial charge on any atom is -0.312 e. The molecule has 0 spiro atoms. The van der Waals surface area contributed by atoms with Crippen LogP contribution < -0.4 is 5.32 Å². The molecule has 2 rings (SSSR count). The van der Waals surface area contributed by atoms with Gasteiger partial charge in [0.25, 0.3) is 0 Å². The zero-order valence-corrected chi connectivity index (χ0v) is 15.0. The van der Waals surface area contributed by atoms with Crippen LogP contribution in [0.25, 0.3) is 0 Å². The predicted molar refractivity (Wildman–Crippen MR) is 92.7 cm³/mol. The van der Waals surface area contributed by atoms with E-state index in [0.29, 0.717) is 11.6 Å². The predicted octanol–water partition coefficient (Wildman–Crippen LogP) is 4.45. The Bertz CT molecular complexity index is 294. The van der Waals surface area contributed by atoms with Gasteiger partial charge >= 0.3 is 0 Å². The molecule has 2 aliphatic carbocycles. The van der Waals surface area contributed by atoms with Gasteiger partial charge in [-0.2, -0.15) is 0 Å². The first-order valence-corrected chi connectivity index (χ1v) is 9.54. The summed E-state index contributed by atoms with van der Waals surface area (Å²) in [5, 5.41) is 3.95. The normalized spacial score (nSPS) is 31.3. The molecule has 0 aromatic carbocycles. The smallest absolute Gasteiger partial charge is 0.0359 e. The van der Waals surface area contributed by atoms with E-state index in [2.05, 4.69) is 38.2 Å². The van der Waals surface area contributed by atoms with Crippen molar-refractivity contribution in [2.24, 2.45) is 11.8 Å². The minimum atomic E-state index is 0.411. The van der Waals surface area contributed by atoms with Crippen molar-refractivity contribution in [3.63, 3.8) is 0 Å². The van der Waals surface area contributed by atoms with Crippen LogP contribution in [0.4, 0.5) is 0 Å². The summed E-state index contributed by atoms with van der Waals surface area (Å²) in [5.74, 6) is 1.87. The highest BCUT2D eigenvalue weighted by atomic mass is 15.2. The molecule has 2 nitrogen and oxygen atoms in total. The summed E-state index contributed by atoms with van der Waals surface area (Å²) in [5.41, 5.74) is 0.411. The van der Waals surface area contributed by atoms with Crippen molar-refractivity contribution in [3.05, 3.63) is 0 Å². The van der Waals surface area contributed by atoms with Crippen LogP contribution in [-0.4, -0.2) is 37.1 Å². The number of likely N-dealkylation sites (N-methyl/N-ethyl adjacent to an activating group) is 2. The van der Waals surface area contributed by atoms with Crippen LogP contribution in [0, 0.1) is 11.8 Å². The Labute approximate surface area is 133 Å². The molecular weight excluding hydrogens is 256 g/mol. The lowest BCUT2D eigenvalue weighted by molar-refractivity contribution is 0.0184. The zero-order chi connectivity index (χ0) is 15.3. The summed E-state index contributed by atoms with van der Waals surface area (Å²) in [6, 6.07) is 0.701. The fraction of sp³-hybridized carbons (Fsp3) is 1.00. The highest BCUT2D eigenvalue weighted by Crippen LogP contribution is 2.42. The minimum absolute atomic E-state index is 0.411. The molecule has 0 aromatic rings. The highest BCUT2D eigenvalue weighted by molar-refractivity contribution is 5.04. The van der Waals surface area contributed by atoms with Gasteiger partial charge in [-0.1, -0.05) is 52.4 Å². The molecule has 3 unspecified atom stereocenters. The fourth-order valence-electron chi connectivity index (χ4n) is 5.22. The lowest BCUT2D eigenvalue weighted by Crippen LogP contribution is -2.63. The van der Waals surface area contributed by atoms with Gasteiger partial charge in [0.1, 0.15) is 0 Å². The topological polar surface area (TPSA) is 15.3 Å². The summed E-state index contributed by atoms with van der Waals surface area (Å²) in [6.45, 7) is 5.80. The number of hydrogen-bond donors (Lipinski definition) is 1. The van der Waals surface area contributed by atoms with Gasteiger partial charge in [-0.25, -0.2) is 0 Å². The molecule has 0 radical (unpaired) electrons. The van der Waals surface area contributed by atoms with Crippen LogP contribution in [0.3, 0.4) is 0 Å². The van der Waals surface area contributed by atoms with Crippen molar-refractivity contribution < 1.29 is 0 Å². The van der Waals surface area contributed by atoms with Gasteiger partial charge < -0.3 is 10.2 Å². The number of nitrogens with one attached hydrogen (secondary N) is 1. The van der Waals surface area contributed by atoms with Gasteiger partial charge in [0.05, 0.1) is 0 Å². The molecule has 1 N–H and O–H groups in total. The molecule has 0 amide bonds. The molecule has 2 fully saturated rings. The molecule has 0 saturated heterocycles. The van der Waals surface area contributed by atoms with E-state index in [1.54, 1.807) is 0 Å². The molecule has 3 atom stereocenters. The second-order valence-electron chi connectivity index (χ2n) is 7.79. The van der Waals surface area contributed by atoms with E-state index in [9.17, 15) is 0 Å².